The zero-order valence-electron chi connectivity index (χ0n) is 10.8. The second kappa shape index (κ2) is 5.79. The zero-order chi connectivity index (χ0) is 13.8. The molecule has 0 fully saturated rings. The molecule has 0 spiro atoms. The van der Waals surface area contributed by atoms with Gasteiger partial charge in [-0.2, -0.15) is 0 Å². The van der Waals surface area contributed by atoms with Gasteiger partial charge in [0.05, 0.1) is 12.3 Å². The van der Waals surface area contributed by atoms with Crippen LogP contribution in [0.5, 0.6) is 0 Å². The second-order valence-electron chi connectivity index (χ2n) is 3.74. The number of ether oxygens (including phenoxy) is 1. The van der Waals surface area contributed by atoms with Gasteiger partial charge in [0.25, 0.3) is 0 Å². The van der Waals surface area contributed by atoms with Crippen molar-refractivity contribution in [3.05, 3.63) is 36.3 Å². The normalized spacial score (nSPS) is 10.4. The van der Waals surface area contributed by atoms with E-state index >= 15 is 0 Å². The van der Waals surface area contributed by atoms with E-state index in [4.69, 9.17) is 10.5 Å². The second-order valence-corrected chi connectivity index (χ2v) is 4.59. The molecule has 0 radical (unpaired) electrons. The van der Waals surface area contributed by atoms with Crippen molar-refractivity contribution in [2.24, 2.45) is 0 Å². The summed E-state index contributed by atoms with van der Waals surface area (Å²) in [4.78, 5) is 16.8. The van der Waals surface area contributed by atoms with E-state index in [0.29, 0.717) is 12.4 Å². The highest BCUT2D eigenvalue weighted by Gasteiger charge is 2.18. The van der Waals surface area contributed by atoms with Crippen LogP contribution in [0, 0.1) is 0 Å². The Labute approximate surface area is 115 Å². The van der Waals surface area contributed by atoms with Crippen LogP contribution in [0.4, 0.5) is 5.82 Å². The number of carbonyl (C=O) groups excluding carboxylic acids is 1. The molecule has 2 rings (SSSR count). The van der Waals surface area contributed by atoms with Crippen LogP contribution < -0.4 is 5.73 Å². The number of para-hydroxylation sites is 1. The van der Waals surface area contributed by atoms with Crippen molar-refractivity contribution in [1.82, 2.24) is 9.55 Å². The molecule has 0 aliphatic carbocycles. The van der Waals surface area contributed by atoms with Crippen LogP contribution in [0.15, 0.2) is 35.5 Å². The quantitative estimate of drug-likeness (QED) is 0.686. The standard InChI is InChI=1S/C13H15N3O2S/c1-3-18-13(17)11-12(14)16(8-15-11)9-6-4-5-7-10(9)19-2/h4-8H,3,14H2,1-2H3. The van der Waals surface area contributed by atoms with Crippen LogP contribution in [0.3, 0.4) is 0 Å². The molecule has 0 atom stereocenters. The molecule has 100 valence electrons. The van der Waals surface area contributed by atoms with E-state index in [2.05, 4.69) is 4.98 Å². The number of esters is 1. The molecular weight excluding hydrogens is 262 g/mol. The molecule has 0 saturated heterocycles. The van der Waals surface area contributed by atoms with Crippen LogP contribution in [0.2, 0.25) is 0 Å². The summed E-state index contributed by atoms with van der Waals surface area (Å²) in [5.41, 5.74) is 7.03. The van der Waals surface area contributed by atoms with Gasteiger partial charge in [0.1, 0.15) is 12.1 Å². The molecule has 0 amide bonds. The molecule has 19 heavy (non-hydrogen) atoms. The molecule has 0 aliphatic heterocycles. The topological polar surface area (TPSA) is 70.1 Å². The fraction of sp³-hybridized carbons (Fsp3) is 0.231. The first kappa shape index (κ1) is 13.5. The first-order chi connectivity index (χ1) is 9.19. The lowest BCUT2D eigenvalue weighted by atomic mass is 10.3. The average Bonchev–Trinajstić information content (AvgIpc) is 2.80. The molecule has 0 aliphatic rings. The first-order valence-electron chi connectivity index (χ1n) is 5.82. The minimum absolute atomic E-state index is 0.151. The Bertz CT molecular complexity index is 595. The van der Waals surface area contributed by atoms with E-state index in [1.165, 1.54) is 6.33 Å². The Morgan fingerprint density at radius 1 is 1.47 bits per heavy atom. The lowest BCUT2D eigenvalue weighted by Crippen LogP contribution is -2.09. The maximum absolute atomic E-state index is 11.7. The molecule has 2 N–H and O–H groups in total. The molecule has 1 aromatic carbocycles. The molecule has 0 bridgehead atoms. The number of rotatable bonds is 4. The van der Waals surface area contributed by atoms with E-state index in [0.717, 1.165) is 10.6 Å². The first-order valence-corrected chi connectivity index (χ1v) is 7.04. The highest BCUT2D eigenvalue weighted by Crippen LogP contribution is 2.26. The van der Waals surface area contributed by atoms with Crippen LogP contribution >= 0.6 is 11.8 Å². The fourth-order valence-electron chi connectivity index (χ4n) is 1.74. The average molecular weight is 277 g/mol. The van der Waals surface area contributed by atoms with Gasteiger partial charge in [-0.05, 0) is 25.3 Å². The third-order valence-electron chi connectivity index (χ3n) is 2.62. The largest absolute Gasteiger partial charge is 0.461 e. The van der Waals surface area contributed by atoms with Crippen molar-refractivity contribution >= 4 is 23.5 Å². The Kier molecular flexibility index (Phi) is 4.11. The zero-order valence-corrected chi connectivity index (χ0v) is 11.6. The SMILES string of the molecule is CCOC(=O)c1ncn(-c2ccccc2SC)c1N. The van der Waals surface area contributed by atoms with Crippen LogP contribution in [0.25, 0.3) is 5.69 Å². The van der Waals surface area contributed by atoms with Gasteiger partial charge in [0.2, 0.25) is 0 Å². The number of imidazole rings is 1. The number of nitrogen functional groups attached to an aromatic ring is 1. The minimum atomic E-state index is -0.500. The van der Waals surface area contributed by atoms with E-state index in [1.54, 1.807) is 23.3 Å². The molecule has 0 unspecified atom stereocenters. The third kappa shape index (κ3) is 2.58. The fourth-order valence-corrected chi connectivity index (χ4v) is 2.33. The molecule has 1 aromatic heterocycles. The maximum atomic E-state index is 11.7. The lowest BCUT2D eigenvalue weighted by Gasteiger charge is -2.09. The Balaban J connectivity index is 2.44. The van der Waals surface area contributed by atoms with Crippen molar-refractivity contribution in [2.75, 3.05) is 18.6 Å². The molecule has 2 aromatic rings. The summed E-state index contributed by atoms with van der Waals surface area (Å²) >= 11 is 1.61. The Morgan fingerprint density at radius 3 is 2.89 bits per heavy atom. The summed E-state index contributed by atoms with van der Waals surface area (Å²) < 4.78 is 6.61. The van der Waals surface area contributed by atoms with Gasteiger partial charge in [-0.1, -0.05) is 12.1 Å². The highest BCUT2D eigenvalue weighted by atomic mass is 32.2. The number of nitrogens with two attached hydrogens (primary N) is 1. The molecule has 6 heteroatoms. The summed E-state index contributed by atoms with van der Waals surface area (Å²) in [5.74, 6) is -0.208. The number of hydrogen-bond donors (Lipinski definition) is 1. The van der Waals surface area contributed by atoms with Crippen LogP contribution in [0.1, 0.15) is 17.4 Å². The van der Waals surface area contributed by atoms with Crippen molar-refractivity contribution in [3.8, 4) is 5.69 Å². The summed E-state index contributed by atoms with van der Waals surface area (Å²) in [6, 6.07) is 7.79. The van der Waals surface area contributed by atoms with Gasteiger partial charge >= 0.3 is 5.97 Å². The van der Waals surface area contributed by atoms with Gasteiger partial charge in [-0.15, -0.1) is 11.8 Å². The number of benzene rings is 1. The third-order valence-corrected chi connectivity index (χ3v) is 3.40. The summed E-state index contributed by atoms with van der Waals surface area (Å²) in [6.45, 7) is 2.04. The van der Waals surface area contributed by atoms with E-state index in [9.17, 15) is 4.79 Å². The van der Waals surface area contributed by atoms with E-state index < -0.39 is 5.97 Å². The molecule has 0 saturated carbocycles. The van der Waals surface area contributed by atoms with Crippen molar-refractivity contribution in [2.45, 2.75) is 11.8 Å². The molecule has 5 nitrogen and oxygen atoms in total. The maximum Gasteiger partial charge on any atom is 0.360 e. The number of carbonyl (C=O) groups is 1. The predicted octanol–water partition coefficient (Wildman–Crippen LogP) is 2.35. The number of anilines is 1. The molecular formula is C13H15N3O2S. The van der Waals surface area contributed by atoms with Gasteiger partial charge in [0, 0.05) is 4.90 Å². The van der Waals surface area contributed by atoms with Gasteiger partial charge in [-0.25, -0.2) is 9.78 Å². The van der Waals surface area contributed by atoms with Gasteiger partial charge in [0.15, 0.2) is 5.69 Å². The van der Waals surface area contributed by atoms with Crippen molar-refractivity contribution in [3.63, 3.8) is 0 Å². The number of aromatic nitrogens is 2. The van der Waals surface area contributed by atoms with Crippen molar-refractivity contribution < 1.29 is 9.53 Å². The van der Waals surface area contributed by atoms with Crippen molar-refractivity contribution in [1.29, 1.82) is 0 Å². The van der Waals surface area contributed by atoms with Gasteiger partial charge < -0.3 is 10.5 Å². The van der Waals surface area contributed by atoms with E-state index in [1.807, 2.05) is 30.5 Å². The Morgan fingerprint density at radius 2 is 2.21 bits per heavy atom. The smallest absolute Gasteiger partial charge is 0.360 e. The lowest BCUT2D eigenvalue weighted by molar-refractivity contribution is 0.0521. The van der Waals surface area contributed by atoms with Gasteiger partial charge in [-0.3, -0.25) is 4.57 Å². The van der Waals surface area contributed by atoms with Crippen LogP contribution in [-0.4, -0.2) is 28.4 Å². The predicted molar refractivity (Wildman–Crippen MR) is 75.7 cm³/mol. The van der Waals surface area contributed by atoms with Crippen LogP contribution in [-0.2, 0) is 4.74 Å². The summed E-state index contributed by atoms with van der Waals surface area (Å²) in [6.07, 6.45) is 3.52. The highest BCUT2D eigenvalue weighted by molar-refractivity contribution is 7.98. The molecule has 1 heterocycles. The number of thioether (sulfide) groups is 1. The minimum Gasteiger partial charge on any atom is -0.461 e. The number of hydrogen-bond acceptors (Lipinski definition) is 5. The van der Waals surface area contributed by atoms with E-state index in [-0.39, 0.29) is 5.69 Å². The summed E-state index contributed by atoms with van der Waals surface area (Å²) in [7, 11) is 0. The number of nitrogens with zero attached hydrogens (tertiary/aromatic N) is 2. The summed E-state index contributed by atoms with van der Waals surface area (Å²) in [5, 5.41) is 0. The monoisotopic (exact) mass is 277 g/mol. The Hall–Kier alpha value is -1.95.